The molecule has 2 aliphatic rings. The molecule has 0 radical (unpaired) electrons. The van der Waals surface area contributed by atoms with Gasteiger partial charge in [-0.3, -0.25) is 14.6 Å². The van der Waals surface area contributed by atoms with Crippen molar-refractivity contribution in [1.29, 1.82) is 0 Å². The van der Waals surface area contributed by atoms with E-state index in [9.17, 15) is 9.18 Å². The zero-order valence-electron chi connectivity index (χ0n) is 16.6. The molecule has 0 saturated carbocycles. The molecule has 1 amide bonds. The van der Waals surface area contributed by atoms with Crippen LogP contribution in [0.15, 0.2) is 24.4 Å². The molecule has 4 rings (SSSR count). The summed E-state index contributed by atoms with van der Waals surface area (Å²) >= 11 is 0. The van der Waals surface area contributed by atoms with E-state index in [2.05, 4.69) is 14.9 Å². The van der Waals surface area contributed by atoms with Crippen molar-refractivity contribution >= 4 is 11.7 Å². The number of halogens is 1. The van der Waals surface area contributed by atoms with Gasteiger partial charge in [-0.1, -0.05) is 12.1 Å². The van der Waals surface area contributed by atoms with Crippen LogP contribution in [-0.2, 0) is 29.0 Å². The second kappa shape index (κ2) is 8.84. The van der Waals surface area contributed by atoms with E-state index in [1.807, 2.05) is 12.1 Å². The Morgan fingerprint density at radius 3 is 2.76 bits per heavy atom. The molecule has 0 atom stereocenters. The molecule has 1 aromatic carbocycles. The number of carbonyl (C=O) groups excluding carboxylic acids is 1. The molecule has 1 fully saturated rings. The molecule has 2 aliphatic heterocycles. The Hall–Kier alpha value is -2.58. The largest absolute Gasteiger partial charge is 0.461 e. The number of fused-ring (bicyclic) bond motifs is 1. The Bertz CT molecular complexity index is 886. The molecule has 29 heavy (non-hydrogen) atoms. The van der Waals surface area contributed by atoms with E-state index < -0.39 is 0 Å². The van der Waals surface area contributed by atoms with Gasteiger partial charge < -0.3 is 9.47 Å². The SMILES string of the molecule is COCCOc1ncc2c(n1)N(Cc1ccc(CN3CCCC3)c(F)c1)C(=O)C2. The van der Waals surface area contributed by atoms with Gasteiger partial charge in [0, 0.05) is 31.0 Å². The van der Waals surface area contributed by atoms with Gasteiger partial charge in [-0.05, 0) is 37.6 Å². The lowest BCUT2D eigenvalue weighted by Crippen LogP contribution is -2.27. The van der Waals surface area contributed by atoms with Gasteiger partial charge in [-0.15, -0.1) is 0 Å². The number of methoxy groups -OCH3 is 1. The summed E-state index contributed by atoms with van der Waals surface area (Å²) in [5, 5.41) is 0. The van der Waals surface area contributed by atoms with Crippen molar-refractivity contribution in [2.75, 3.05) is 38.3 Å². The Kier molecular flexibility index (Phi) is 6.01. The van der Waals surface area contributed by atoms with Gasteiger partial charge in [0.2, 0.25) is 5.91 Å². The Labute approximate surface area is 169 Å². The van der Waals surface area contributed by atoms with Crippen molar-refractivity contribution in [2.45, 2.75) is 32.4 Å². The van der Waals surface area contributed by atoms with Crippen molar-refractivity contribution in [1.82, 2.24) is 14.9 Å². The number of aromatic nitrogens is 2. The molecule has 2 aromatic rings. The number of nitrogens with zero attached hydrogens (tertiary/aromatic N) is 4. The highest BCUT2D eigenvalue weighted by Gasteiger charge is 2.30. The minimum absolute atomic E-state index is 0.0788. The van der Waals surface area contributed by atoms with Gasteiger partial charge >= 0.3 is 6.01 Å². The van der Waals surface area contributed by atoms with Crippen LogP contribution in [0.1, 0.15) is 29.5 Å². The van der Waals surface area contributed by atoms with Crippen LogP contribution >= 0.6 is 0 Å². The first kappa shape index (κ1) is 19.7. The number of hydrogen-bond acceptors (Lipinski definition) is 6. The van der Waals surface area contributed by atoms with Gasteiger partial charge in [-0.2, -0.15) is 4.98 Å². The molecular weight excluding hydrogens is 375 g/mol. The minimum atomic E-state index is -0.229. The highest BCUT2D eigenvalue weighted by molar-refractivity contribution is 6.00. The van der Waals surface area contributed by atoms with Gasteiger partial charge in [0.25, 0.3) is 0 Å². The molecular formula is C21H25FN4O3. The maximum absolute atomic E-state index is 14.6. The summed E-state index contributed by atoms with van der Waals surface area (Å²) in [7, 11) is 1.59. The number of anilines is 1. The van der Waals surface area contributed by atoms with E-state index in [-0.39, 0.29) is 30.7 Å². The predicted octanol–water partition coefficient (Wildman–Crippen LogP) is 2.33. The molecule has 1 aromatic heterocycles. The maximum Gasteiger partial charge on any atom is 0.318 e. The first-order valence-electron chi connectivity index (χ1n) is 9.91. The fraction of sp³-hybridized carbons (Fsp3) is 0.476. The Morgan fingerprint density at radius 1 is 1.17 bits per heavy atom. The number of amides is 1. The molecule has 7 nitrogen and oxygen atoms in total. The van der Waals surface area contributed by atoms with Crippen molar-refractivity contribution in [2.24, 2.45) is 0 Å². The quantitative estimate of drug-likeness (QED) is 0.634. The monoisotopic (exact) mass is 400 g/mol. The van der Waals surface area contributed by atoms with Crippen LogP contribution in [0.5, 0.6) is 6.01 Å². The standard InChI is InChI=1S/C21H25FN4O3/c1-28-8-9-29-21-23-12-17-11-19(27)26(20(17)24-21)13-15-4-5-16(18(22)10-15)14-25-6-2-3-7-25/h4-5,10,12H,2-3,6-9,11,13-14H2,1H3. The fourth-order valence-electron chi connectivity index (χ4n) is 3.75. The van der Waals surface area contributed by atoms with Crippen LogP contribution in [0, 0.1) is 5.82 Å². The zero-order chi connectivity index (χ0) is 20.2. The third-order valence-electron chi connectivity index (χ3n) is 5.29. The Balaban J connectivity index is 1.47. The lowest BCUT2D eigenvalue weighted by atomic mass is 10.1. The minimum Gasteiger partial charge on any atom is -0.461 e. The van der Waals surface area contributed by atoms with Crippen LogP contribution in [0.3, 0.4) is 0 Å². The van der Waals surface area contributed by atoms with Crippen molar-refractivity contribution in [3.8, 4) is 6.01 Å². The summed E-state index contributed by atoms with van der Waals surface area (Å²) in [6.07, 6.45) is 4.20. The number of ether oxygens (including phenoxy) is 2. The predicted molar refractivity (Wildman–Crippen MR) is 105 cm³/mol. The average Bonchev–Trinajstić information content (AvgIpc) is 3.32. The number of rotatable bonds is 8. The molecule has 3 heterocycles. The summed E-state index contributed by atoms with van der Waals surface area (Å²) in [5.74, 6) is 0.219. The van der Waals surface area contributed by atoms with E-state index in [4.69, 9.17) is 9.47 Å². The molecule has 0 unspecified atom stereocenters. The molecule has 0 bridgehead atoms. The molecule has 8 heteroatoms. The highest BCUT2D eigenvalue weighted by atomic mass is 19.1. The van der Waals surface area contributed by atoms with Crippen LogP contribution in [-0.4, -0.2) is 54.2 Å². The van der Waals surface area contributed by atoms with E-state index in [0.29, 0.717) is 31.1 Å². The topological polar surface area (TPSA) is 67.8 Å². The molecule has 154 valence electrons. The van der Waals surface area contributed by atoms with E-state index in [0.717, 1.165) is 24.2 Å². The van der Waals surface area contributed by atoms with Crippen LogP contribution < -0.4 is 9.64 Å². The van der Waals surface area contributed by atoms with Crippen molar-refractivity contribution < 1.29 is 18.7 Å². The third-order valence-corrected chi connectivity index (χ3v) is 5.29. The van der Waals surface area contributed by atoms with Gasteiger partial charge in [0.05, 0.1) is 19.6 Å². The van der Waals surface area contributed by atoms with Crippen molar-refractivity contribution in [3.63, 3.8) is 0 Å². The second-order valence-electron chi connectivity index (χ2n) is 7.41. The molecule has 0 aliphatic carbocycles. The lowest BCUT2D eigenvalue weighted by molar-refractivity contribution is -0.117. The van der Waals surface area contributed by atoms with Crippen molar-refractivity contribution in [3.05, 3.63) is 46.9 Å². The third kappa shape index (κ3) is 4.54. The van der Waals surface area contributed by atoms with E-state index in [1.165, 1.54) is 18.9 Å². The van der Waals surface area contributed by atoms with Gasteiger partial charge in [0.15, 0.2) is 0 Å². The molecule has 1 saturated heterocycles. The summed E-state index contributed by atoms with van der Waals surface area (Å²) in [6.45, 7) is 3.69. The normalized spacial score (nSPS) is 16.5. The zero-order valence-corrected chi connectivity index (χ0v) is 16.6. The molecule has 0 spiro atoms. The van der Waals surface area contributed by atoms with E-state index in [1.54, 1.807) is 18.2 Å². The summed E-state index contributed by atoms with van der Waals surface area (Å²) in [5.41, 5.74) is 2.18. The summed E-state index contributed by atoms with van der Waals surface area (Å²) in [6, 6.07) is 5.43. The summed E-state index contributed by atoms with van der Waals surface area (Å²) < 4.78 is 25.0. The van der Waals surface area contributed by atoms with Crippen LogP contribution in [0.25, 0.3) is 0 Å². The average molecular weight is 400 g/mol. The fourth-order valence-corrected chi connectivity index (χ4v) is 3.75. The molecule has 0 N–H and O–H groups in total. The maximum atomic E-state index is 14.6. The number of carbonyl (C=O) groups is 1. The number of hydrogen-bond donors (Lipinski definition) is 0. The first-order valence-corrected chi connectivity index (χ1v) is 9.91. The smallest absolute Gasteiger partial charge is 0.318 e. The summed E-state index contributed by atoms with van der Waals surface area (Å²) in [4.78, 5) is 24.8. The van der Waals surface area contributed by atoms with Crippen LogP contribution in [0.4, 0.5) is 10.2 Å². The highest BCUT2D eigenvalue weighted by Crippen LogP contribution is 2.29. The van der Waals surface area contributed by atoms with E-state index >= 15 is 0 Å². The van der Waals surface area contributed by atoms with Gasteiger partial charge in [-0.25, -0.2) is 9.37 Å². The van der Waals surface area contributed by atoms with Gasteiger partial charge in [0.1, 0.15) is 18.2 Å². The number of benzene rings is 1. The second-order valence-corrected chi connectivity index (χ2v) is 7.41. The Morgan fingerprint density at radius 2 is 2.00 bits per heavy atom. The first-order chi connectivity index (χ1) is 14.1. The number of likely N-dealkylation sites (tertiary alicyclic amines) is 1. The van der Waals surface area contributed by atoms with Crippen LogP contribution in [0.2, 0.25) is 0 Å². The lowest BCUT2D eigenvalue weighted by Gasteiger charge is -2.18.